The zero-order valence-electron chi connectivity index (χ0n) is 9.60. The van der Waals surface area contributed by atoms with Crippen molar-refractivity contribution < 1.29 is 0 Å². The third-order valence-electron chi connectivity index (χ3n) is 3.90. The van der Waals surface area contributed by atoms with Crippen LogP contribution in [0.5, 0.6) is 0 Å². The van der Waals surface area contributed by atoms with Gasteiger partial charge in [0.15, 0.2) is 0 Å². The van der Waals surface area contributed by atoms with Crippen molar-refractivity contribution in [2.45, 2.75) is 18.9 Å². The molecule has 0 aromatic carbocycles. The molecule has 3 heterocycles. The third-order valence-corrected chi connectivity index (χ3v) is 3.90. The molecule has 16 heavy (non-hydrogen) atoms. The fraction of sp³-hybridized carbons (Fsp3) is 0.615. The number of fused-ring (bicyclic) bond motifs is 2. The normalized spacial score (nSPS) is 32.1. The van der Waals surface area contributed by atoms with Gasteiger partial charge >= 0.3 is 0 Å². The highest BCUT2D eigenvalue weighted by molar-refractivity contribution is 5.10. The number of pyridine rings is 1. The van der Waals surface area contributed by atoms with E-state index in [1.807, 2.05) is 12.4 Å². The van der Waals surface area contributed by atoms with Crippen molar-refractivity contribution in [2.75, 3.05) is 26.2 Å². The summed E-state index contributed by atoms with van der Waals surface area (Å²) in [5.41, 5.74) is 1.38. The summed E-state index contributed by atoms with van der Waals surface area (Å²) in [5.74, 6) is 0.914. The molecule has 2 bridgehead atoms. The zero-order valence-corrected chi connectivity index (χ0v) is 9.60. The molecule has 3 nitrogen and oxygen atoms in total. The lowest BCUT2D eigenvalue weighted by molar-refractivity contribution is 0.316. The average molecular weight is 217 g/mol. The van der Waals surface area contributed by atoms with Crippen LogP contribution < -0.4 is 5.32 Å². The molecule has 1 N–H and O–H groups in total. The molecule has 3 unspecified atom stereocenters. The van der Waals surface area contributed by atoms with E-state index in [1.54, 1.807) is 0 Å². The van der Waals surface area contributed by atoms with E-state index in [0.717, 1.165) is 24.9 Å². The van der Waals surface area contributed by atoms with Crippen LogP contribution >= 0.6 is 0 Å². The highest BCUT2D eigenvalue weighted by Crippen LogP contribution is 2.27. The first-order valence-corrected chi connectivity index (χ1v) is 6.26. The standard InChI is InChI=1S/C13H19N3/c1-5-14-6-2-11(1)3-7-15-13-10-16-8-4-12(13)9-16/h1-2,5-6,12-13,15H,3-4,7-10H2. The number of hydrogen-bond acceptors (Lipinski definition) is 3. The van der Waals surface area contributed by atoms with Gasteiger partial charge < -0.3 is 10.2 Å². The van der Waals surface area contributed by atoms with E-state index < -0.39 is 0 Å². The Kier molecular flexibility index (Phi) is 2.89. The summed E-state index contributed by atoms with van der Waals surface area (Å²) in [6, 6.07) is 4.95. The second-order valence-corrected chi connectivity index (χ2v) is 4.97. The van der Waals surface area contributed by atoms with Crippen LogP contribution in [0.3, 0.4) is 0 Å². The maximum Gasteiger partial charge on any atom is 0.0270 e. The summed E-state index contributed by atoms with van der Waals surface area (Å²) in [4.78, 5) is 6.61. The molecule has 2 aliphatic heterocycles. The summed E-state index contributed by atoms with van der Waals surface area (Å²) in [7, 11) is 0. The minimum Gasteiger partial charge on any atom is -0.312 e. The summed E-state index contributed by atoms with van der Waals surface area (Å²) in [6.07, 6.45) is 6.26. The Hall–Kier alpha value is -0.930. The summed E-state index contributed by atoms with van der Waals surface area (Å²) in [5, 5.41) is 3.70. The lowest BCUT2D eigenvalue weighted by atomic mass is 10.00. The summed E-state index contributed by atoms with van der Waals surface area (Å²) < 4.78 is 0. The van der Waals surface area contributed by atoms with Crippen molar-refractivity contribution in [1.82, 2.24) is 15.2 Å². The predicted molar refractivity (Wildman–Crippen MR) is 64.3 cm³/mol. The number of rotatable bonds is 4. The van der Waals surface area contributed by atoms with E-state index in [2.05, 4.69) is 27.3 Å². The highest BCUT2D eigenvalue weighted by atomic mass is 15.2. The van der Waals surface area contributed by atoms with E-state index in [4.69, 9.17) is 0 Å². The van der Waals surface area contributed by atoms with E-state index in [-0.39, 0.29) is 0 Å². The fourth-order valence-corrected chi connectivity index (χ4v) is 2.97. The quantitative estimate of drug-likeness (QED) is 0.813. The van der Waals surface area contributed by atoms with Crippen molar-refractivity contribution in [2.24, 2.45) is 5.92 Å². The molecular weight excluding hydrogens is 198 g/mol. The van der Waals surface area contributed by atoms with Crippen LogP contribution in [0.4, 0.5) is 0 Å². The van der Waals surface area contributed by atoms with Gasteiger partial charge in [-0.3, -0.25) is 4.98 Å². The second kappa shape index (κ2) is 4.52. The number of aromatic nitrogens is 1. The Bertz CT molecular complexity index is 338. The van der Waals surface area contributed by atoms with Crippen molar-refractivity contribution in [3.8, 4) is 0 Å². The fourth-order valence-electron chi connectivity index (χ4n) is 2.97. The van der Waals surface area contributed by atoms with Crippen LogP contribution in [-0.4, -0.2) is 42.1 Å². The summed E-state index contributed by atoms with van der Waals surface area (Å²) >= 11 is 0. The molecule has 3 atom stereocenters. The van der Waals surface area contributed by atoms with Gasteiger partial charge in [-0.25, -0.2) is 0 Å². The first-order chi connectivity index (χ1) is 7.92. The molecule has 3 heteroatoms. The van der Waals surface area contributed by atoms with Gasteiger partial charge in [-0.15, -0.1) is 0 Å². The van der Waals surface area contributed by atoms with Gasteiger partial charge in [0.05, 0.1) is 0 Å². The molecule has 2 saturated heterocycles. The van der Waals surface area contributed by atoms with Crippen LogP contribution in [0.1, 0.15) is 12.0 Å². The molecule has 0 radical (unpaired) electrons. The van der Waals surface area contributed by atoms with E-state index in [9.17, 15) is 0 Å². The van der Waals surface area contributed by atoms with Gasteiger partial charge in [-0.05, 0) is 49.5 Å². The van der Waals surface area contributed by atoms with Gasteiger partial charge in [0.2, 0.25) is 0 Å². The van der Waals surface area contributed by atoms with Crippen molar-refractivity contribution >= 4 is 0 Å². The van der Waals surface area contributed by atoms with Crippen LogP contribution in [0.25, 0.3) is 0 Å². The predicted octanol–water partition coefficient (Wildman–Crippen LogP) is 0.918. The number of hydrogen-bond donors (Lipinski definition) is 1. The number of nitrogens with one attached hydrogen (secondary N) is 1. The Morgan fingerprint density at radius 2 is 2.19 bits per heavy atom. The van der Waals surface area contributed by atoms with Crippen molar-refractivity contribution in [3.63, 3.8) is 0 Å². The maximum atomic E-state index is 4.03. The first kappa shape index (κ1) is 10.2. The minimum absolute atomic E-state index is 0.746. The van der Waals surface area contributed by atoms with Crippen molar-refractivity contribution in [1.29, 1.82) is 0 Å². The highest BCUT2D eigenvalue weighted by Gasteiger charge is 2.37. The Morgan fingerprint density at radius 3 is 2.88 bits per heavy atom. The molecule has 0 aliphatic carbocycles. The molecule has 2 aliphatic rings. The average Bonchev–Trinajstić information content (AvgIpc) is 2.92. The van der Waals surface area contributed by atoms with E-state index in [1.165, 1.54) is 31.6 Å². The van der Waals surface area contributed by atoms with Crippen LogP contribution in [-0.2, 0) is 6.42 Å². The lowest BCUT2D eigenvalue weighted by Gasteiger charge is -2.23. The monoisotopic (exact) mass is 217 g/mol. The molecular formula is C13H19N3. The van der Waals surface area contributed by atoms with E-state index >= 15 is 0 Å². The van der Waals surface area contributed by atoms with Gasteiger partial charge in [0.1, 0.15) is 0 Å². The minimum atomic E-state index is 0.746. The maximum absolute atomic E-state index is 4.03. The largest absolute Gasteiger partial charge is 0.312 e. The molecule has 0 amide bonds. The van der Waals surface area contributed by atoms with Gasteiger partial charge in [-0.1, -0.05) is 0 Å². The molecule has 3 rings (SSSR count). The van der Waals surface area contributed by atoms with Crippen LogP contribution in [0.15, 0.2) is 24.5 Å². The molecule has 1 aromatic heterocycles. The van der Waals surface area contributed by atoms with Crippen LogP contribution in [0, 0.1) is 5.92 Å². The topological polar surface area (TPSA) is 28.2 Å². The van der Waals surface area contributed by atoms with Crippen LogP contribution in [0.2, 0.25) is 0 Å². The van der Waals surface area contributed by atoms with E-state index in [0.29, 0.717) is 0 Å². The molecule has 1 aromatic rings. The lowest BCUT2D eigenvalue weighted by Crippen LogP contribution is -2.40. The molecule has 0 spiro atoms. The Balaban J connectivity index is 1.44. The SMILES string of the molecule is c1cc(CCNC2CN3CCC2C3)ccn1. The zero-order chi connectivity index (χ0) is 10.8. The number of nitrogens with zero attached hydrogens (tertiary/aromatic N) is 2. The smallest absolute Gasteiger partial charge is 0.0270 e. The van der Waals surface area contributed by atoms with Gasteiger partial charge in [-0.2, -0.15) is 0 Å². The molecule has 2 fully saturated rings. The van der Waals surface area contributed by atoms with Gasteiger partial charge in [0.25, 0.3) is 0 Å². The molecule has 86 valence electrons. The Morgan fingerprint density at radius 1 is 1.31 bits per heavy atom. The van der Waals surface area contributed by atoms with Gasteiger partial charge in [0, 0.05) is 31.5 Å². The Labute approximate surface area is 96.9 Å². The molecule has 0 saturated carbocycles. The first-order valence-electron chi connectivity index (χ1n) is 6.26. The van der Waals surface area contributed by atoms with Crippen molar-refractivity contribution in [3.05, 3.63) is 30.1 Å². The number of piperidine rings is 1. The summed E-state index contributed by atoms with van der Waals surface area (Å²) in [6.45, 7) is 5.01. The second-order valence-electron chi connectivity index (χ2n) is 4.97. The third kappa shape index (κ3) is 2.11.